The SMILES string of the molecule is CNCC1(CNC(=O)Cc2ccc(C)cc2)CCC1. The molecule has 3 heteroatoms. The van der Waals surface area contributed by atoms with E-state index < -0.39 is 0 Å². The summed E-state index contributed by atoms with van der Waals surface area (Å²) in [6, 6.07) is 8.16. The molecular weight excluding hydrogens is 236 g/mol. The molecule has 0 aliphatic heterocycles. The molecule has 0 atom stereocenters. The van der Waals surface area contributed by atoms with E-state index in [2.05, 4.69) is 29.7 Å². The number of carbonyl (C=O) groups is 1. The fraction of sp³-hybridized carbons (Fsp3) is 0.562. The Kier molecular flexibility index (Phi) is 4.59. The molecule has 19 heavy (non-hydrogen) atoms. The van der Waals surface area contributed by atoms with Gasteiger partial charge < -0.3 is 10.6 Å². The van der Waals surface area contributed by atoms with Crippen LogP contribution in [0.5, 0.6) is 0 Å². The molecule has 0 heterocycles. The van der Waals surface area contributed by atoms with Gasteiger partial charge in [0.1, 0.15) is 0 Å². The highest BCUT2D eigenvalue weighted by Crippen LogP contribution is 2.39. The third kappa shape index (κ3) is 3.80. The molecule has 1 aromatic carbocycles. The number of nitrogens with one attached hydrogen (secondary N) is 2. The van der Waals surface area contributed by atoms with Crippen LogP contribution in [0.3, 0.4) is 0 Å². The van der Waals surface area contributed by atoms with E-state index in [9.17, 15) is 4.79 Å². The number of amides is 1. The van der Waals surface area contributed by atoms with Gasteiger partial charge in [-0.3, -0.25) is 4.79 Å². The lowest BCUT2D eigenvalue weighted by Gasteiger charge is -2.42. The molecule has 0 saturated heterocycles. The van der Waals surface area contributed by atoms with Gasteiger partial charge >= 0.3 is 0 Å². The first-order valence-corrected chi connectivity index (χ1v) is 7.10. The quantitative estimate of drug-likeness (QED) is 0.822. The molecule has 0 aromatic heterocycles. The topological polar surface area (TPSA) is 41.1 Å². The van der Waals surface area contributed by atoms with Crippen LogP contribution < -0.4 is 10.6 Å². The molecule has 2 rings (SSSR count). The van der Waals surface area contributed by atoms with Gasteiger partial charge in [-0.05, 0) is 32.4 Å². The molecule has 0 bridgehead atoms. The van der Waals surface area contributed by atoms with Crippen molar-refractivity contribution in [3.8, 4) is 0 Å². The molecule has 0 spiro atoms. The second-order valence-electron chi connectivity index (χ2n) is 5.82. The summed E-state index contributed by atoms with van der Waals surface area (Å²) in [6.45, 7) is 3.86. The van der Waals surface area contributed by atoms with Crippen LogP contribution in [0.15, 0.2) is 24.3 Å². The van der Waals surface area contributed by atoms with Crippen molar-refractivity contribution in [3.05, 3.63) is 35.4 Å². The van der Waals surface area contributed by atoms with Crippen molar-refractivity contribution in [1.82, 2.24) is 10.6 Å². The molecule has 3 nitrogen and oxygen atoms in total. The minimum Gasteiger partial charge on any atom is -0.355 e. The van der Waals surface area contributed by atoms with Crippen molar-refractivity contribution in [2.24, 2.45) is 5.41 Å². The number of hydrogen-bond acceptors (Lipinski definition) is 2. The van der Waals surface area contributed by atoms with E-state index in [1.807, 2.05) is 19.2 Å². The van der Waals surface area contributed by atoms with Crippen molar-refractivity contribution in [2.75, 3.05) is 20.1 Å². The summed E-state index contributed by atoms with van der Waals surface area (Å²) >= 11 is 0. The minimum absolute atomic E-state index is 0.131. The highest BCUT2D eigenvalue weighted by molar-refractivity contribution is 5.78. The predicted octanol–water partition coefficient (Wildman–Crippen LogP) is 2.04. The first kappa shape index (κ1) is 14.1. The van der Waals surface area contributed by atoms with Crippen LogP contribution in [0.2, 0.25) is 0 Å². The molecule has 1 amide bonds. The Morgan fingerprint density at radius 1 is 1.21 bits per heavy atom. The van der Waals surface area contributed by atoms with Crippen LogP contribution in [0, 0.1) is 12.3 Å². The maximum atomic E-state index is 12.0. The van der Waals surface area contributed by atoms with E-state index in [4.69, 9.17) is 0 Å². The molecule has 104 valence electrons. The Morgan fingerprint density at radius 2 is 1.89 bits per heavy atom. The Labute approximate surface area is 115 Å². The molecule has 1 aromatic rings. The molecule has 1 saturated carbocycles. The first-order chi connectivity index (χ1) is 9.13. The highest BCUT2D eigenvalue weighted by Gasteiger charge is 2.36. The van der Waals surface area contributed by atoms with E-state index >= 15 is 0 Å². The van der Waals surface area contributed by atoms with Crippen molar-refractivity contribution < 1.29 is 4.79 Å². The third-order valence-corrected chi connectivity index (χ3v) is 4.11. The summed E-state index contributed by atoms with van der Waals surface area (Å²) in [5.74, 6) is 0.131. The number of hydrogen-bond donors (Lipinski definition) is 2. The van der Waals surface area contributed by atoms with E-state index in [1.165, 1.54) is 24.8 Å². The summed E-state index contributed by atoms with van der Waals surface area (Å²) in [5.41, 5.74) is 2.61. The van der Waals surface area contributed by atoms with Gasteiger partial charge in [0.05, 0.1) is 6.42 Å². The summed E-state index contributed by atoms with van der Waals surface area (Å²) in [4.78, 5) is 12.0. The largest absolute Gasteiger partial charge is 0.355 e. The van der Waals surface area contributed by atoms with Crippen LogP contribution in [0.1, 0.15) is 30.4 Å². The molecular formula is C16H24N2O. The second kappa shape index (κ2) is 6.20. The van der Waals surface area contributed by atoms with Gasteiger partial charge in [0.25, 0.3) is 0 Å². The molecule has 2 N–H and O–H groups in total. The fourth-order valence-corrected chi connectivity index (χ4v) is 2.71. The zero-order valence-corrected chi connectivity index (χ0v) is 12.0. The van der Waals surface area contributed by atoms with Crippen molar-refractivity contribution in [2.45, 2.75) is 32.6 Å². The van der Waals surface area contributed by atoms with Crippen LogP contribution in [-0.4, -0.2) is 26.0 Å². The summed E-state index contributed by atoms with van der Waals surface area (Å²) in [5, 5.41) is 6.33. The Balaban J connectivity index is 1.79. The minimum atomic E-state index is 0.131. The Bertz CT molecular complexity index is 421. The van der Waals surface area contributed by atoms with E-state index in [-0.39, 0.29) is 5.91 Å². The monoisotopic (exact) mass is 260 g/mol. The number of rotatable bonds is 6. The maximum Gasteiger partial charge on any atom is 0.224 e. The molecule has 0 unspecified atom stereocenters. The van der Waals surface area contributed by atoms with Gasteiger partial charge in [0.15, 0.2) is 0 Å². The van der Waals surface area contributed by atoms with Gasteiger partial charge in [-0.1, -0.05) is 36.2 Å². The molecule has 0 radical (unpaired) electrons. The fourth-order valence-electron chi connectivity index (χ4n) is 2.71. The van der Waals surface area contributed by atoms with Gasteiger partial charge in [0.2, 0.25) is 5.91 Å². The van der Waals surface area contributed by atoms with Gasteiger partial charge in [-0.15, -0.1) is 0 Å². The normalized spacial score (nSPS) is 16.7. The highest BCUT2D eigenvalue weighted by atomic mass is 16.1. The average molecular weight is 260 g/mol. The number of carbonyl (C=O) groups excluding carboxylic acids is 1. The van der Waals surface area contributed by atoms with Gasteiger partial charge in [-0.25, -0.2) is 0 Å². The van der Waals surface area contributed by atoms with E-state index in [0.29, 0.717) is 11.8 Å². The summed E-state index contributed by atoms with van der Waals surface area (Å²) in [6.07, 6.45) is 4.21. The van der Waals surface area contributed by atoms with Crippen LogP contribution in [0.4, 0.5) is 0 Å². The van der Waals surface area contributed by atoms with Crippen LogP contribution in [-0.2, 0) is 11.2 Å². The number of benzene rings is 1. The second-order valence-corrected chi connectivity index (χ2v) is 5.82. The van der Waals surface area contributed by atoms with Gasteiger partial charge in [0, 0.05) is 18.5 Å². The van der Waals surface area contributed by atoms with E-state index in [1.54, 1.807) is 0 Å². The Morgan fingerprint density at radius 3 is 2.42 bits per heavy atom. The predicted molar refractivity (Wildman–Crippen MR) is 78.1 cm³/mol. The standard InChI is InChI=1S/C16H24N2O/c1-13-4-6-14(7-5-13)10-15(19)18-12-16(11-17-2)8-3-9-16/h4-7,17H,3,8-12H2,1-2H3,(H,18,19). The van der Waals surface area contributed by atoms with Gasteiger partial charge in [-0.2, -0.15) is 0 Å². The lowest BCUT2D eigenvalue weighted by Crippen LogP contribution is -2.47. The van der Waals surface area contributed by atoms with E-state index in [0.717, 1.165) is 18.7 Å². The number of aryl methyl sites for hydroxylation is 1. The first-order valence-electron chi connectivity index (χ1n) is 7.10. The average Bonchev–Trinajstić information content (AvgIpc) is 2.35. The lowest BCUT2D eigenvalue weighted by atomic mass is 9.68. The maximum absolute atomic E-state index is 12.0. The summed E-state index contributed by atoms with van der Waals surface area (Å²) in [7, 11) is 1.98. The molecule has 1 aliphatic carbocycles. The Hall–Kier alpha value is -1.35. The van der Waals surface area contributed by atoms with Crippen molar-refractivity contribution in [3.63, 3.8) is 0 Å². The summed E-state index contributed by atoms with van der Waals surface area (Å²) < 4.78 is 0. The zero-order valence-electron chi connectivity index (χ0n) is 12.0. The third-order valence-electron chi connectivity index (χ3n) is 4.11. The molecule has 1 fully saturated rings. The van der Waals surface area contributed by atoms with Crippen molar-refractivity contribution >= 4 is 5.91 Å². The van der Waals surface area contributed by atoms with Crippen molar-refractivity contribution in [1.29, 1.82) is 0 Å². The smallest absolute Gasteiger partial charge is 0.224 e. The van der Waals surface area contributed by atoms with Crippen LogP contribution >= 0.6 is 0 Å². The lowest BCUT2D eigenvalue weighted by molar-refractivity contribution is -0.121. The molecule has 1 aliphatic rings. The van der Waals surface area contributed by atoms with Crippen LogP contribution in [0.25, 0.3) is 0 Å². The zero-order chi connectivity index (χ0) is 13.7.